The summed E-state index contributed by atoms with van der Waals surface area (Å²) in [5.74, 6) is 3.64. The van der Waals surface area contributed by atoms with Crippen LogP contribution in [0.5, 0.6) is 0 Å². The van der Waals surface area contributed by atoms with Gasteiger partial charge in [0.15, 0.2) is 0 Å². The number of aryl methyl sites for hydroxylation is 2. The van der Waals surface area contributed by atoms with E-state index in [9.17, 15) is 0 Å². The smallest absolute Gasteiger partial charge is 0.00827 e. The highest BCUT2D eigenvalue weighted by atomic mass is 14.4. The molecule has 41 heavy (non-hydrogen) atoms. The summed E-state index contributed by atoms with van der Waals surface area (Å²) >= 11 is 0. The standard InChI is InChI=1S/C41H52/c1-26-17-28(3)38(23-30-19-32-11-8-9-12-33(32)20-30)40(18-26)36-14-10-13-34-21-31(24-39(34)36)22-37-27(2)15-16-35(29(37)4)25-41(5,6)7/h10,13-18,21,30,32-33,35,37H,2,4,8-9,11-12,19-20,22-25H2,1,3,5-7H3. The molecule has 4 aliphatic carbocycles. The van der Waals surface area contributed by atoms with E-state index in [-0.39, 0.29) is 0 Å². The van der Waals surface area contributed by atoms with Gasteiger partial charge in [-0.3, -0.25) is 0 Å². The average Bonchev–Trinajstić information content (AvgIpc) is 3.52. The van der Waals surface area contributed by atoms with Crippen LogP contribution in [0.15, 0.2) is 72.4 Å². The van der Waals surface area contributed by atoms with Gasteiger partial charge in [-0.05, 0) is 120 Å². The van der Waals surface area contributed by atoms with Crippen molar-refractivity contribution in [2.75, 3.05) is 0 Å². The Morgan fingerprint density at radius 2 is 1.63 bits per heavy atom. The van der Waals surface area contributed by atoms with Crippen LogP contribution in [0.3, 0.4) is 0 Å². The van der Waals surface area contributed by atoms with Crippen molar-refractivity contribution in [2.24, 2.45) is 35.0 Å². The third kappa shape index (κ3) is 6.00. The van der Waals surface area contributed by atoms with Crippen molar-refractivity contribution in [3.05, 3.63) is 100 Å². The van der Waals surface area contributed by atoms with Crippen LogP contribution < -0.4 is 0 Å². The Bertz CT molecular complexity index is 1390. The fourth-order valence-electron chi connectivity index (χ4n) is 9.00. The normalized spacial score (nSPS) is 27.6. The van der Waals surface area contributed by atoms with Crippen LogP contribution >= 0.6 is 0 Å². The molecule has 0 spiro atoms. The van der Waals surface area contributed by atoms with Crippen molar-refractivity contribution >= 4 is 6.08 Å². The first-order valence-corrected chi connectivity index (χ1v) is 16.5. The Morgan fingerprint density at radius 1 is 0.902 bits per heavy atom. The Kier molecular flexibility index (Phi) is 7.82. The molecule has 216 valence electrons. The van der Waals surface area contributed by atoms with Gasteiger partial charge in [-0.15, -0.1) is 0 Å². The van der Waals surface area contributed by atoms with Crippen LogP contribution in [0.25, 0.3) is 17.2 Å². The third-order valence-electron chi connectivity index (χ3n) is 10.9. The van der Waals surface area contributed by atoms with Gasteiger partial charge in [0, 0.05) is 5.92 Å². The lowest BCUT2D eigenvalue weighted by Gasteiger charge is -2.33. The molecule has 2 aromatic carbocycles. The maximum absolute atomic E-state index is 4.64. The Hall–Kier alpha value is -2.60. The molecule has 2 fully saturated rings. The molecule has 0 nitrogen and oxygen atoms in total. The predicted octanol–water partition coefficient (Wildman–Crippen LogP) is 11.4. The summed E-state index contributed by atoms with van der Waals surface area (Å²) in [5.41, 5.74) is 14.8. The van der Waals surface area contributed by atoms with Crippen LogP contribution in [-0.2, 0) is 12.8 Å². The molecule has 0 aliphatic heterocycles. The molecular formula is C41H52. The van der Waals surface area contributed by atoms with Crippen molar-refractivity contribution in [2.45, 2.75) is 98.8 Å². The number of allylic oxidation sites excluding steroid dienone is 5. The van der Waals surface area contributed by atoms with Crippen molar-refractivity contribution in [3.8, 4) is 11.1 Å². The minimum Gasteiger partial charge on any atom is -0.0986 e. The van der Waals surface area contributed by atoms with E-state index in [1.54, 1.807) is 5.56 Å². The van der Waals surface area contributed by atoms with Gasteiger partial charge in [0.05, 0.1) is 0 Å². The third-order valence-corrected chi connectivity index (χ3v) is 10.9. The Labute approximate surface area is 250 Å². The maximum atomic E-state index is 4.64. The summed E-state index contributed by atoms with van der Waals surface area (Å²) < 4.78 is 0. The van der Waals surface area contributed by atoms with Gasteiger partial charge in [0.25, 0.3) is 0 Å². The molecule has 0 saturated heterocycles. The van der Waals surface area contributed by atoms with Crippen LogP contribution in [0.2, 0.25) is 0 Å². The molecule has 0 heteroatoms. The largest absolute Gasteiger partial charge is 0.0986 e. The summed E-state index contributed by atoms with van der Waals surface area (Å²) in [4.78, 5) is 0. The lowest BCUT2D eigenvalue weighted by atomic mass is 9.71. The van der Waals surface area contributed by atoms with Crippen LogP contribution in [-0.4, -0.2) is 0 Å². The Morgan fingerprint density at radius 3 is 2.34 bits per heavy atom. The molecule has 0 N–H and O–H groups in total. The molecule has 4 unspecified atom stereocenters. The minimum absolute atomic E-state index is 0.291. The zero-order valence-corrected chi connectivity index (χ0v) is 26.5. The van der Waals surface area contributed by atoms with E-state index < -0.39 is 0 Å². The number of benzene rings is 2. The van der Waals surface area contributed by atoms with E-state index in [1.807, 2.05) is 0 Å². The quantitative estimate of drug-likeness (QED) is 0.317. The highest BCUT2D eigenvalue weighted by molar-refractivity contribution is 5.80. The van der Waals surface area contributed by atoms with Crippen molar-refractivity contribution in [1.82, 2.24) is 0 Å². The Balaban J connectivity index is 1.24. The highest BCUT2D eigenvalue weighted by Crippen LogP contribution is 2.48. The maximum Gasteiger partial charge on any atom is 0.00827 e. The second-order valence-electron chi connectivity index (χ2n) is 15.4. The second kappa shape index (κ2) is 11.2. The first kappa shape index (κ1) is 28.5. The molecular weight excluding hydrogens is 492 g/mol. The van der Waals surface area contributed by atoms with E-state index in [4.69, 9.17) is 0 Å². The van der Waals surface area contributed by atoms with Gasteiger partial charge in [-0.25, -0.2) is 0 Å². The summed E-state index contributed by atoms with van der Waals surface area (Å²) in [6, 6.07) is 11.9. The molecule has 4 atom stereocenters. The van der Waals surface area contributed by atoms with E-state index in [1.165, 1.54) is 95.0 Å². The summed E-state index contributed by atoms with van der Waals surface area (Å²) in [7, 11) is 0. The monoisotopic (exact) mass is 544 g/mol. The lowest BCUT2D eigenvalue weighted by molar-refractivity contribution is 0.277. The van der Waals surface area contributed by atoms with Crippen molar-refractivity contribution in [1.29, 1.82) is 0 Å². The molecule has 0 bridgehead atoms. The lowest BCUT2D eigenvalue weighted by Crippen LogP contribution is -2.21. The van der Waals surface area contributed by atoms with Gasteiger partial charge in [0.1, 0.15) is 0 Å². The van der Waals surface area contributed by atoms with E-state index >= 15 is 0 Å². The van der Waals surface area contributed by atoms with Gasteiger partial charge >= 0.3 is 0 Å². The fourth-order valence-corrected chi connectivity index (χ4v) is 9.00. The summed E-state index contributed by atoms with van der Waals surface area (Å²) in [6.45, 7) is 20.8. The first-order chi connectivity index (χ1) is 19.6. The van der Waals surface area contributed by atoms with E-state index in [0.29, 0.717) is 17.3 Å². The highest BCUT2D eigenvalue weighted by Gasteiger charge is 2.36. The van der Waals surface area contributed by atoms with Crippen LogP contribution in [0, 0.1) is 48.9 Å². The second-order valence-corrected chi connectivity index (χ2v) is 15.4. The van der Waals surface area contributed by atoms with Crippen molar-refractivity contribution in [3.63, 3.8) is 0 Å². The molecule has 0 aromatic heterocycles. The summed E-state index contributed by atoms with van der Waals surface area (Å²) in [5, 5.41) is 0. The van der Waals surface area contributed by atoms with E-state index in [2.05, 4.69) is 96.3 Å². The van der Waals surface area contributed by atoms with Crippen LogP contribution in [0.1, 0.15) is 100.0 Å². The van der Waals surface area contributed by atoms with Crippen molar-refractivity contribution < 1.29 is 0 Å². The number of fused-ring (bicyclic) bond motifs is 2. The first-order valence-electron chi connectivity index (χ1n) is 16.5. The molecule has 0 heterocycles. The number of hydrogen-bond acceptors (Lipinski definition) is 0. The zero-order valence-electron chi connectivity index (χ0n) is 26.5. The van der Waals surface area contributed by atoms with E-state index in [0.717, 1.165) is 37.0 Å². The number of rotatable bonds is 6. The minimum atomic E-state index is 0.291. The number of hydrogen-bond donors (Lipinski definition) is 0. The van der Waals surface area contributed by atoms with Gasteiger partial charge in [-0.2, -0.15) is 0 Å². The molecule has 2 saturated carbocycles. The molecule has 6 rings (SSSR count). The SMILES string of the molecule is C=C1C=CC(CC(C)(C)C)C(=C)C1CC1=Cc2cccc(-c3cc(C)cc(C)c3CC3CC4CCCCC4C3)c2C1. The van der Waals surface area contributed by atoms with Gasteiger partial charge in [-0.1, -0.05) is 125 Å². The molecule has 4 aliphatic rings. The van der Waals surface area contributed by atoms with Gasteiger partial charge < -0.3 is 0 Å². The van der Waals surface area contributed by atoms with Crippen LogP contribution in [0.4, 0.5) is 0 Å². The molecule has 0 radical (unpaired) electrons. The zero-order chi connectivity index (χ0) is 28.9. The predicted molar refractivity (Wildman–Crippen MR) is 178 cm³/mol. The average molecular weight is 545 g/mol. The topological polar surface area (TPSA) is 0 Å². The molecule has 0 amide bonds. The fraction of sp³-hybridized carbons (Fsp3) is 0.512. The van der Waals surface area contributed by atoms with Gasteiger partial charge in [0.2, 0.25) is 0 Å². The summed E-state index contributed by atoms with van der Waals surface area (Å²) in [6.07, 6.45) is 20.4. The molecule has 2 aromatic rings.